The third-order valence-electron chi connectivity index (χ3n) is 6.33. The molecule has 0 saturated carbocycles. The van der Waals surface area contributed by atoms with Gasteiger partial charge in [-0.2, -0.15) is 0 Å². The SMILES string of the molecule is CN=C(NCC1(c2ccccc2C)CCOCC1)N1CCC(COCCOC)C1. The normalized spacial score (nSPS) is 22.1. The lowest BCUT2D eigenvalue weighted by Gasteiger charge is -2.39. The van der Waals surface area contributed by atoms with Gasteiger partial charge in [-0.05, 0) is 37.3 Å². The maximum atomic E-state index is 5.74. The molecule has 29 heavy (non-hydrogen) atoms. The van der Waals surface area contributed by atoms with E-state index in [4.69, 9.17) is 14.2 Å². The second-order valence-electron chi connectivity index (χ2n) is 8.28. The fourth-order valence-corrected chi connectivity index (χ4v) is 4.61. The Labute approximate surface area is 175 Å². The number of guanidine groups is 1. The predicted molar refractivity (Wildman–Crippen MR) is 117 cm³/mol. The minimum Gasteiger partial charge on any atom is -0.382 e. The molecule has 1 aromatic rings. The van der Waals surface area contributed by atoms with Crippen molar-refractivity contribution >= 4 is 5.96 Å². The van der Waals surface area contributed by atoms with Crippen LogP contribution in [0.4, 0.5) is 0 Å². The Hall–Kier alpha value is -1.63. The first-order valence-electron chi connectivity index (χ1n) is 10.8. The topological polar surface area (TPSA) is 55.3 Å². The van der Waals surface area contributed by atoms with Crippen molar-refractivity contribution in [3.05, 3.63) is 35.4 Å². The van der Waals surface area contributed by atoms with Crippen LogP contribution in [-0.4, -0.2) is 77.7 Å². The third-order valence-corrected chi connectivity index (χ3v) is 6.33. The van der Waals surface area contributed by atoms with Crippen LogP contribution >= 0.6 is 0 Å². The monoisotopic (exact) mass is 403 g/mol. The lowest BCUT2D eigenvalue weighted by atomic mass is 9.72. The van der Waals surface area contributed by atoms with E-state index in [1.54, 1.807) is 7.11 Å². The molecule has 1 atom stereocenters. The van der Waals surface area contributed by atoms with Gasteiger partial charge in [0.25, 0.3) is 0 Å². The van der Waals surface area contributed by atoms with Gasteiger partial charge in [0.2, 0.25) is 0 Å². The molecule has 1 aromatic carbocycles. The number of hydrogen-bond acceptors (Lipinski definition) is 4. The summed E-state index contributed by atoms with van der Waals surface area (Å²) in [5.74, 6) is 1.56. The van der Waals surface area contributed by atoms with Crippen molar-refractivity contribution in [2.75, 3.05) is 66.8 Å². The van der Waals surface area contributed by atoms with Crippen molar-refractivity contribution in [2.24, 2.45) is 10.9 Å². The number of likely N-dealkylation sites (tertiary alicyclic amines) is 1. The number of nitrogens with zero attached hydrogens (tertiary/aromatic N) is 2. The van der Waals surface area contributed by atoms with E-state index in [1.807, 2.05) is 7.05 Å². The molecule has 0 bridgehead atoms. The summed E-state index contributed by atoms with van der Waals surface area (Å²) in [4.78, 5) is 6.96. The highest BCUT2D eigenvalue weighted by Crippen LogP contribution is 2.36. The number of ether oxygens (including phenoxy) is 3. The average molecular weight is 404 g/mol. The Kier molecular flexibility index (Phi) is 8.33. The second-order valence-corrected chi connectivity index (χ2v) is 8.28. The van der Waals surface area contributed by atoms with Gasteiger partial charge in [0.15, 0.2) is 5.96 Å². The molecule has 162 valence electrons. The maximum absolute atomic E-state index is 5.74. The third kappa shape index (κ3) is 5.71. The van der Waals surface area contributed by atoms with E-state index in [1.165, 1.54) is 11.1 Å². The first-order valence-corrected chi connectivity index (χ1v) is 10.8. The Morgan fingerprint density at radius 2 is 2.07 bits per heavy atom. The highest BCUT2D eigenvalue weighted by atomic mass is 16.5. The van der Waals surface area contributed by atoms with Gasteiger partial charge in [-0.15, -0.1) is 0 Å². The summed E-state index contributed by atoms with van der Waals surface area (Å²) in [5.41, 5.74) is 2.90. The van der Waals surface area contributed by atoms with E-state index < -0.39 is 0 Å². The van der Waals surface area contributed by atoms with Crippen molar-refractivity contribution in [3.63, 3.8) is 0 Å². The summed E-state index contributed by atoms with van der Waals surface area (Å²) >= 11 is 0. The number of benzene rings is 1. The Bertz CT molecular complexity index is 659. The number of aliphatic imine (C=N–C) groups is 1. The molecule has 0 radical (unpaired) electrons. The summed E-state index contributed by atoms with van der Waals surface area (Å²) in [6.45, 7) is 8.88. The molecule has 0 amide bonds. The van der Waals surface area contributed by atoms with Crippen LogP contribution in [0.5, 0.6) is 0 Å². The lowest BCUT2D eigenvalue weighted by molar-refractivity contribution is 0.0507. The van der Waals surface area contributed by atoms with E-state index in [-0.39, 0.29) is 5.41 Å². The van der Waals surface area contributed by atoms with Crippen molar-refractivity contribution in [1.82, 2.24) is 10.2 Å². The minimum absolute atomic E-state index is 0.0991. The summed E-state index contributed by atoms with van der Waals surface area (Å²) in [6, 6.07) is 8.78. The molecule has 2 saturated heterocycles. The fourth-order valence-electron chi connectivity index (χ4n) is 4.61. The zero-order valence-electron chi connectivity index (χ0n) is 18.3. The van der Waals surface area contributed by atoms with Crippen molar-refractivity contribution in [3.8, 4) is 0 Å². The molecule has 2 aliphatic heterocycles. The molecule has 2 fully saturated rings. The number of rotatable bonds is 8. The van der Waals surface area contributed by atoms with Gasteiger partial charge in [-0.1, -0.05) is 24.3 Å². The van der Waals surface area contributed by atoms with Crippen LogP contribution in [0.1, 0.15) is 30.4 Å². The van der Waals surface area contributed by atoms with Crippen LogP contribution in [0.15, 0.2) is 29.3 Å². The average Bonchev–Trinajstić information content (AvgIpc) is 3.21. The predicted octanol–water partition coefficient (Wildman–Crippen LogP) is 2.60. The van der Waals surface area contributed by atoms with Crippen molar-refractivity contribution in [1.29, 1.82) is 0 Å². The van der Waals surface area contributed by atoms with Gasteiger partial charge in [-0.25, -0.2) is 0 Å². The van der Waals surface area contributed by atoms with Gasteiger partial charge >= 0.3 is 0 Å². The van der Waals surface area contributed by atoms with Gasteiger partial charge < -0.3 is 24.4 Å². The molecule has 3 rings (SSSR count). The highest BCUT2D eigenvalue weighted by Gasteiger charge is 2.36. The molecule has 0 spiro atoms. The summed E-state index contributed by atoms with van der Waals surface area (Å²) in [5, 5.41) is 3.70. The molecular formula is C23H37N3O3. The van der Waals surface area contributed by atoms with Crippen LogP contribution < -0.4 is 5.32 Å². The molecule has 2 aliphatic rings. The van der Waals surface area contributed by atoms with E-state index in [9.17, 15) is 0 Å². The van der Waals surface area contributed by atoms with E-state index in [0.29, 0.717) is 19.1 Å². The molecule has 0 aromatic heterocycles. The van der Waals surface area contributed by atoms with Crippen molar-refractivity contribution < 1.29 is 14.2 Å². The molecule has 2 heterocycles. The molecule has 6 nitrogen and oxygen atoms in total. The molecule has 1 N–H and O–H groups in total. The number of hydrogen-bond donors (Lipinski definition) is 1. The number of aryl methyl sites for hydroxylation is 1. The van der Waals surface area contributed by atoms with Gasteiger partial charge in [0.1, 0.15) is 0 Å². The van der Waals surface area contributed by atoms with Crippen LogP contribution in [0.3, 0.4) is 0 Å². The number of nitrogens with one attached hydrogen (secondary N) is 1. The molecule has 1 unspecified atom stereocenters. The maximum Gasteiger partial charge on any atom is 0.193 e. The Morgan fingerprint density at radius 3 is 2.79 bits per heavy atom. The largest absolute Gasteiger partial charge is 0.382 e. The summed E-state index contributed by atoms with van der Waals surface area (Å²) < 4.78 is 16.5. The Morgan fingerprint density at radius 1 is 1.28 bits per heavy atom. The zero-order valence-corrected chi connectivity index (χ0v) is 18.3. The van der Waals surface area contributed by atoms with E-state index in [0.717, 1.165) is 64.7 Å². The van der Waals surface area contributed by atoms with E-state index >= 15 is 0 Å². The van der Waals surface area contributed by atoms with Crippen molar-refractivity contribution in [2.45, 2.75) is 31.6 Å². The fraction of sp³-hybridized carbons (Fsp3) is 0.696. The zero-order chi connectivity index (χ0) is 20.5. The lowest BCUT2D eigenvalue weighted by Crippen LogP contribution is -2.49. The first-order chi connectivity index (χ1) is 14.2. The minimum atomic E-state index is 0.0991. The summed E-state index contributed by atoms with van der Waals surface area (Å²) in [6.07, 6.45) is 3.22. The van der Waals surface area contributed by atoms with Gasteiger partial charge in [0, 0.05) is 58.3 Å². The first kappa shape index (κ1) is 22.1. The van der Waals surface area contributed by atoms with Crippen LogP contribution in [0.25, 0.3) is 0 Å². The number of methoxy groups -OCH3 is 1. The second kappa shape index (κ2) is 11.0. The van der Waals surface area contributed by atoms with Gasteiger partial charge in [0.05, 0.1) is 19.8 Å². The Balaban J connectivity index is 1.59. The van der Waals surface area contributed by atoms with Crippen LogP contribution in [0, 0.1) is 12.8 Å². The smallest absolute Gasteiger partial charge is 0.193 e. The van der Waals surface area contributed by atoms with Gasteiger partial charge in [-0.3, -0.25) is 4.99 Å². The molecular weight excluding hydrogens is 366 g/mol. The standard InChI is InChI=1S/C23H37N3O3/c1-19-6-4-5-7-21(19)23(9-12-28-13-10-23)18-25-22(24-2)26-11-8-20(16-26)17-29-15-14-27-3/h4-7,20H,8-18H2,1-3H3,(H,24,25). The molecule has 0 aliphatic carbocycles. The van der Waals surface area contributed by atoms with Crippen LogP contribution in [-0.2, 0) is 19.6 Å². The quantitative estimate of drug-likeness (QED) is 0.411. The van der Waals surface area contributed by atoms with Crippen LogP contribution in [0.2, 0.25) is 0 Å². The molecule has 6 heteroatoms. The van der Waals surface area contributed by atoms with E-state index in [2.05, 4.69) is 46.4 Å². The highest BCUT2D eigenvalue weighted by molar-refractivity contribution is 5.80. The summed E-state index contributed by atoms with van der Waals surface area (Å²) in [7, 11) is 3.59.